The number of halogens is 1. The third kappa shape index (κ3) is 5.13. The summed E-state index contributed by atoms with van der Waals surface area (Å²) >= 11 is 5.91. The highest BCUT2D eigenvalue weighted by Crippen LogP contribution is 2.34. The van der Waals surface area contributed by atoms with Gasteiger partial charge in [-0.1, -0.05) is 35.9 Å². The largest absolute Gasteiger partial charge is 0.487 e. The van der Waals surface area contributed by atoms with Gasteiger partial charge in [-0.3, -0.25) is 9.69 Å². The summed E-state index contributed by atoms with van der Waals surface area (Å²) in [7, 11) is 0. The number of carbonyl (C=O) groups is 2. The van der Waals surface area contributed by atoms with Gasteiger partial charge in [0.05, 0.1) is 12.2 Å². The predicted molar refractivity (Wildman–Crippen MR) is 122 cm³/mol. The number of nitrogens with zero attached hydrogens (tertiary/aromatic N) is 2. The van der Waals surface area contributed by atoms with Crippen molar-refractivity contribution in [2.45, 2.75) is 32.3 Å². The maximum atomic E-state index is 13.2. The van der Waals surface area contributed by atoms with Crippen molar-refractivity contribution in [1.82, 2.24) is 10.2 Å². The second-order valence-corrected chi connectivity index (χ2v) is 8.65. The Hall–Kier alpha value is -2.73. The lowest BCUT2D eigenvalue weighted by molar-refractivity contribution is -0.126. The van der Waals surface area contributed by atoms with Crippen LogP contribution in [-0.4, -0.2) is 49.1 Å². The summed E-state index contributed by atoms with van der Waals surface area (Å²) in [6.07, 6.45) is 2.08. The van der Waals surface area contributed by atoms with E-state index in [1.54, 1.807) is 4.90 Å². The molecule has 6 nitrogen and oxygen atoms in total. The molecular weight excluding hydrogens is 414 g/mol. The minimum atomic E-state index is -0.0530. The summed E-state index contributed by atoms with van der Waals surface area (Å²) in [5, 5.41) is 3.75. The van der Waals surface area contributed by atoms with Crippen molar-refractivity contribution >= 4 is 29.2 Å². The number of nitrogens with one attached hydrogen (secondary N) is 1. The fraction of sp³-hybridized carbons (Fsp3) is 0.417. The molecule has 1 unspecified atom stereocenters. The molecule has 3 amide bonds. The summed E-state index contributed by atoms with van der Waals surface area (Å²) in [5.74, 6) is 0.765. The van der Waals surface area contributed by atoms with Gasteiger partial charge in [0.25, 0.3) is 0 Å². The quantitative estimate of drug-likeness (QED) is 0.776. The normalized spacial score (nSPS) is 18.8. The van der Waals surface area contributed by atoms with Gasteiger partial charge in [0, 0.05) is 30.6 Å². The number of carbonyl (C=O) groups excluding carboxylic acids is 2. The first-order valence-electron chi connectivity index (χ1n) is 10.9. The number of benzene rings is 2. The van der Waals surface area contributed by atoms with E-state index in [9.17, 15) is 9.59 Å². The van der Waals surface area contributed by atoms with E-state index < -0.39 is 0 Å². The third-order valence-corrected chi connectivity index (χ3v) is 6.17. The molecule has 2 aliphatic rings. The van der Waals surface area contributed by atoms with Crippen LogP contribution in [0.15, 0.2) is 48.5 Å². The van der Waals surface area contributed by atoms with Crippen molar-refractivity contribution in [3.05, 3.63) is 59.1 Å². The molecule has 1 saturated heterocycles. The van der Waals surface area contributed by atoms with Crippen LogP contribution in [0.4, 0.5) is 10.5 Å². The fourth-order valence-electron chi connectivity index (χ4n) is 4.20. The predicted octanol–water partition coefficient (Wildman–Crippen LogP) is 4.12. The second-order valence-electron chi connectivity index (χ2n) is 8.22. The van der Waals surface area contributed by atoms with Crippen LogP contribution >= 0.6 is 11.6 Å². The Bertz CT molecular complexity index is 926. The number of hydrogen-bond donors (Lipinski definition) is 1. The third-order valence-electron chi connectivity index (χ3n) is 5.92. The molecule has 31 heavy (non-hydrogen) atoms. The van der Waals surface area contributed by atoms with Crippen molar-refractivity contribution in [3.8, 4) is 5.75 Å². The Balaban J connectivity index is 1.27. The molecule has 2 aromatic rings. The number of urea groups is 1. The van der Waals surface area contributed by atoms with E-state index in [2.05, 4.69) is 5.32 Å². The van der Waals surface area contributed by atoms with Crippen LogP contribution in [0.25, 0.3) is 0 Å². The molecule has 2 aromatic carbocycles. The second kappa shape index (κ2) is 9.60. The highest BCUT2D eigenvalue weighted by atomic mass is 35.5. The maximum Gasteiger partial charge on any atom is 0.324 e. The number of likely N-dealkylation sites (tertiary alicyclic amines) is 1. The van der Waals surface area contributed by atoms with E-state index in [4.69, 9.17) is 16.3 Å². The van der Waals surface area contributed by atoms with Gasteiger partial charge in [-0.25, -0.2) is 4.79 Å². The molecule has 7 heteroatoms. The molecule has 1 fully saturated rings. The Kier molecular flexibility index (Phi) is 6.66. The Morgan fingerprint density at radius 2 is 1.81 bits per heavy atom. The molecule has 1 atom stereocenters. The van der Waals surface area contributed by atoms with Crippen LogP contribution in [0.2, 0.25) is 5.02 Å². The summed E-state index contributed by atoms with van der Waals surface area (Å²) in [6, 6.07) is 15.3. The highest BCUT2D eigenvalue weighted by molar-refractivity contribution is 6.30. The van der Waals surface area contributed by atoms with Crippen molar-refractivity contribution in [2.24, 2.45) is 5.92 Å². The number of amides is 3. The highest BCUT2D eigenvalue weighted by Gasteiger charge is 2.33. The average Bonchev–Trinajstić information content (AvgIpc) is 2.79. The molecule has 1 N–H and O–H groups in total. The monoisotopic (exact) mass is 441 g/mol. The van der Waals surface area contributed by atoms with Crippen molar-refractivity contribution < 1.29 is 14.3 Å². The molecule has 0 aromatic heterocycles. The van der Waals surface area contributed by atoms with Crippen LogP contribution in [0.1, 0.15) is 25.3 Å². The lowest BCUT2D eigenvalue weighted by Crippen LogP contribution is -2.52. The zero-order valence-electron chi connectivity index (χ0n) is 17.7. The first-order chi connectivity index (χ1) is 15.0. The lowest BCUT2D eigenvalue weighted by Gasteiger charge is -2.39. The van der Waals surface area contributed by atoms with Crippen LogP contribution in [0.5, 0.6) is 5.75 Å². The van der Waals surface area contributed by atoms with E-state index in [0.29, 0.717) is 44.0 Å². The molecule has 0 radical (unpaired) electrons. The van der Waals surface area contributed by atoms with Gasteiger partial charge in [0.1, 0.15) is 11.9 Å². The van der Waals surface area contributed by atoms with Crippen LogP contribution in [0, 0.1) is 5.92 Å². The van der Waals surface area contributed by atoms with Crippen molar-refractivity contribution in [3.63, 3.8) is 0 Å². The van der Waals surface area contributed by atoms with Gasteiger partial charge in [-0.05, 0) is 56.0 Å². The number of rotatable bonds is 4. The number of anilines is 1. The number of para-hydroxylation sites is 2. The first kappa shape index (κ1) is 21.5. The van der Waals surface area contributed by atoms with E-state index in [0.717, 1.165) is 23.4 Å². The number of piperidine rings is 1. The lowest BCUT2D eigenvalue weighted by atomic mass is 9.96. The number of ether oxygens (including phenoxy) is 1. The molecule has 2 aliphatic heterocycles. The van der Waals surface area contributed by atoms with Gasteiger partial charge < -0.3 is 15.0 Å². The smallest absolute Gasteiger partial charge is 0.324 e. The molecule has 0 bridgehead atoms. The minimum Gasteiger partial charge on any atom is -0.487 e. The average molecular weight is 442 g/mol. The Morgan fingerprint density at radius 1 is 1.10 bits per heavy atom. The van der Waals surface area contributed by atoms with Gasteiger partial charge in [0.15, 0.2) is 0 Å². The molecule has 2 heterocycles. The number of hydrogen-bond acceptors (Lipinski definition) is 3. The van der Waals surface area contributed by atoms with E-state index in [1.165, 1.54) is 0 Å². The van der Waals surface area contributed by atoms with Crippen LogP contribution < -0.4 is 15.0 Å². The maximum absolute atomic E-state index is 13.2. The zero-order chi connectivity index (χ0) is 21.8. The van der Waals surface area contributed by atoms with E-state index in [1.807, 2.05) is 60.4 Å². The summed E-state index contributed by atoms with van der Waals surface area (Å²) in [5.41, 5.74) is 1.96. The zero-order valence-corrected chi connectivity index (χ0v) is 18.5. The van der Waals surface area contributed by atoms with E-state index in [-0.39, 0.29) is 24.0 Å². The molecule has 164 valence electrons. The summed E-state index contributed by atoms with van der Waals surface area (Å²) in [4.78, 5) is 29.4. The first-order valence-corrected chi connectivity index (χ1v) is 11.2. The Labute approximate surface area is 188 Å². The molecule has 0 spiro atoms. The van der Waals surface area contributed by atoms with Gasteiger partial charge in [-0.15, -0.1) is 0 Å². The summed E-state index contributed by atoms with van der Waals surface area (Å²) < 4.78 is 5.85. The SMILES string of the molecule is CC1CN(C(=O)N2CCC(C(=O)NCCc3ccc(Cl)cc3)CC2)c2ccccc2O1. The molecule has 0 aliphatic carbocycles. The van der Waals surface area contributed by atoms with Crippen molar-refractivity contribution in [1.29, 1.82) is 0 Å². The standard InChI is InChI=1S/C24H28ClN3O3/c1-17-16-28(21-4-2-3-5-22(21)31-17)24(30)27-14-11-19(12-15-27)23(29)26-13-10-18-6-8-20(25)9-7-18/h2-9,17,19H,10-16H2,1H3,(H,26,29). The molecular formula is C24H28ClN3O3. The van der Waals surface area contributed by atoms with Crippen molar-refractivity contribution in [2.75, 3.05) is 31.1 Å². The van der Waals surface area contributed by atoms with Crippen LogP contribution in [-0.2, 0) is 11.2 Å². The van der Waals surface area contributed by atoms with Gasteiger partial charge >= 0.3 is 6.03 Å². The van der Waals surface area contributed by atoms with E-state index >= 15 is 0 Å². The van der Waals surface area contributed by atoms with Gasteiger partial charge in [-0.2, -0.15) is 0 Å². The fourth-order valence-corrected chi connectivity index (χ4v) is 4.33. The minimum absolute atomic E-state index is 0.0100. The summed E-state index contributed by atoms with van der Waals surface area (Å²) in [6.45, 7) is 4.27. The topological polar surface area (TPSA) is 61.9 Å². The Morgan fingerprint density at radius 3 is 2.55 bits per heavy atom. The van der Waals surface area contributed by atoms with Crippen LogP contribution in [0.3, 0.4) is 0 Å². The molecule has 4 rings (SSSR count). The van der Waals surface area contributed by atoms with Gasteiger partial charge in [0.2, 0.25) is 5.91 Å². The molecule has 0 saturated carbocycles. The number of fused-ring (bicyclic) bond motifs is 1.